The van der Waals surface area contributed by atoms with Gasteiger partial charge in [0.25, 0.3) is 5.91 Å². The van der Waals surface area contributed by atoms with E-state index >= 15 is 0 Å². The third-order valence-electron chi connectivity index (χ3n) is 4.17. The van der Waals surface area contributed by atoms with Crippen LogP contribution in [0.3, 0.4) is 0 Å². The van der Waals surface area contributed by atoms with Crippen molar-refractivity contribution in [2.45, 2.75) is 32.2 Å². The zero-order valence-electron chi connectivity index (χ0n) is 14.3. The number of nitrogens with zero attached hydrogens (tertiary/aromatic N) is 2. The zero-order valence-corrected chi connectivity index (χ0v) is 14.3. The van der Waals surface area contributed by atoms with Crippen LogP contribution in [0, 0.1) is 11.6 Å². The van der Waals surface area contributed by atoms with Gasteiger partial charge in [0.2, 0.25) is 11.8 Å². The summed E-state index contributed by atoms with van der Waals surface area (Å²) in [5.41, 5.74) is 0.430. The van der Waals surface area contributed by atoms with Crippen molar-refractivity contribution in [2.75, 3.05) is 13.1 Å². The van der Waals surface area contributed by atoms with E-state index in [1.54, 1.807) is 11.8 Å². The van der Waals surface area contributed by atoms with Crippen molar-refractivity contribution >= 4 is 11.8 Å². The summed E-state index contributed by atoms with van der Waals surface area (Å²) < 4.78 is 31.7. The Morgan fingerprint density at radius 2 is 1.88 bits per heavy atom. The van der Waals surface area contributed by atoms with Gasteiger partial charge in [-0.25, -0.2) is 13.8 Å². The zero-order chi connectivity index (χ0) is 18.7. The molecule has 1 N–H and O–H groups in total. The molecular weight excluding hydrogens is 344 g/mol. The normalized spacial score (nSPS) is 15.1. The molecule has 2 heterocycles. The van der Waals surface area contributed by atoms with Crippen molar-refractivity contribution in [1.29, 1.82) is 0 Å². The summed E-state index contributed by atoms with van der Waals surface area (Å²) in [5, 5.41) is 2.64. The van der Waals surface area contributed by atoms with E-state index in [1.807, 2.05) is 0 Å². The topological polar surface area (TPSA) is 75.4 Å². The molecule has 138 valence electrons. The molecule has 26 heavy (non-hydrogen) atoms. The summed E-state index contributed by atoms with van der Waals surface area (Å²) >= 11 is 0. The number of carbonyl (C=O) groups is 2. The summed E-state index contributed by atoms with van der Waals surface area (Å²) in [4.78, 5) is 30.2. The molecule has 6 nitrogen and oxygen atoms in total. The standard InChI is InChI=1S/C18H19F2N3O3/c1-11(21-16(24)8-12-6-13(19)9-14(20)7-12)17-22-15(10-26-17)18(25)23-4-2-3-5-23/h6-7,9-11H,2-5,8H2,1H3,(H,21,24)/t11-/m0/s1. The first-order valence-corrected chi connectivity index (χ1v) is 8.41. The van der Waals surface area contributed by atoms with E-state index in [-0.39, 0.29) is 29.5 Å². The van der Waals surface area contributed by atoms with Crippen molar-refractivity contribution in [3.8, 4) is 0 Å². The van der Waals surface area contributed by atoms with E-state index in [0.717, 1.165) is 31.0 Å². The first-order chi connectivity index (χ1) is 12.4. The average Bonchev–Trinajstić information content (AvgIpc) is 3.25. The molecule has 0 bridgehead atoms. The lowest BCUT2D eigenvalue weighted by Crippen LogP contribution is -2.29. The van der Waals surface area contributed by atoms with Crippen LogP contribution in [0.1, 0.15) is 47.7 Å². The van der Waals surface area contributed by atoms with E-state index in [4.69, 9.17) is 4.42 Å². The number of carbonyl (C=O) groups excluding carboxylic acids is 2. The second-order valence-electron chi connectivity index (χ2n) is 6.31. The van der Waals surface area contributed by atoms with Gasteiger partial charge >= 0.3 is 0 Å². The molecular formula is C18H19F2N3O3. The highest BCUT2D eigenvalue weighted by atomic mass is 19.1. The molecule has 2 amide bonds. The molecule has 0 spiro atoms. The van der Waals surface area contributed by atoms with E-state index in [2.05, 4.69) is 10.3 Å². The highest BCUT2D eigenvalue weighted by Crippen LogP contribution is 2.16. The van der Waals surface area contributed by atoms with Gasteiger partial charge in [-0.05, 0) is 37.5 Å². The molecule has 1 saturated heterocycles. The van der Waals surface area contributed by atoms with Crippen LogP contribution >= 0.6 is 0 Å². The van der Waals surface area contributed by atoms with E-state index < -0.39 is 23.6 Å². The number of amides is 2. The van der Waals surface area contributed by atoms with Crippen LogP contribution < -0.4 is 5.32 Å². The lowest BCUT2D eigenvalue weighted by molar-refractivity contribution is -0.121. The quantitative estimate of drug-likeness (QED) is 0.886. The van der Waals surface area contributed by atoms with Crippen molar-refractivity contribution in [3.05, 3.63) is 53.2 Å². The van der Waals surface area contributed by atoms with Gasteiger partial charge in [0.15, 0.2) is 5.69 Å². The van der Waals surface area contributed by atoms with Crippen molar-refractivity contribution in [1.82, 2.24) is 15.2 Å². The maximum Gasteiger partial charge on any atom is 0.275 e. The molecule has 2 aromatic rings. The molecule has 1 fully saturated rings. The summed E-state index contributed by atoms with van der Waals surface area (Å²) in [6.07, 6.45) is 3.05. The van der Waals surface area contributed by atoms with Crippen LogP contribution in [-0.2, 0) is 11.2 Å². The molecule has 0 radical (unpaired) electrons. The van der Waals surface area contributed by atoms with Crippen LogP contribution in [-0.4, -0.2) is 34.8 Å². The van der Waals surface area contributed by atoms with E-state index in [9.17, 15) is 18.4 Å². The number of aromatic nitrogens is 1. The molecule has 0 saturated carbocycles. The number of halogens is 2. The average molecular weight is 363 g/mol. The smallest absolute Gasteiger partial charge is 0.275 e. The Kier molecular flexibility index (Phi) is 5.29. The Morgan fingerprint density at radius 1 is 1.23 bits per heavy atom. The Hall–Kier alpha value is -2.77. The van der Waals surface area contributed by atoms with Crippen LogP contribution in [0.5, 0.6) is 0 Å². The molecule has 0 aliphatic carbocycles. The van der Waals surface area contributed by atoms with Gasteiger partial charge < -0.3 is 14.6 Å². The van der Waals surface area contributed by atoms with E-state index in [0.29, 0.717) is 13.1 Å². The van der Waals surface area contributed by atoms with Gasteiger partial charge in [-0.2, -0.15) is 0 Å². The Morgan fingerprint density at radius 3 is 2.54 bits per heavy atom. The van der Waals surface area contributed by atoms with Crippen LogP contribution in [0.25, 0.3) is 0 Å². The monoisotopic (exact) mass is 363 g/mol. The molecule has 1 aromatic carbocycles. The van der Waals surface area contributed by atoms with Gasteiger partial charge in [-0.1, -0.05) is 0 Å². The summed E-state index contributed by atoms with van der Waals surface area (Å²) in [7, 11) is 0. The Bertz CT molecular complexity index is 796. The van der Waals surface area contributed by atoms with Crippen LogP contribution in [0.4, 0.5) is 8.78 Å². The fraction of sp³-hybridized carbons (Fsp3) is 0.389. The van der Waals surface area contributed by atoms with Gasteiger partial charge in [-0.3, -0.25) is 9.59 Å². The number of benzene rings is 1. The number of oxazole rings is 1. The number of nitrogens with one attached hydrogen (secondary N) is 1. The van der Waals surface area contributed by atoms with Gasteiger partial charge in [0, 0.05) is 19.2 Å². The molecule has 1 aromatic heterocycles. The predicted octanol–water partition coefficient (Wildman–Crippen LogP) is 2.61. The first kappa shape index (κ1) is 18.0. The maximum atomic E-state index is 13.2. The third-order valence-corrected chi connectivity index (χ3v) is 4.17. The number of rotatable bonds is 5. The molecule has 3 rings (SSSR count). The van der Waals surface area contributed by atoms with E-state index in [1.165, 1.54) is 6.26 Å². The second-order valence-corrected chi connectivity index (χ2v) is 6.31. The van der Waals surface area contributed by atoms with Crippen LogP contribution in [0.2, 0.25) is 0 Å². The van der Waals surface area contributed by atoms with Crippen molar-refractivity contribution < 1.29 is 22.8 Å². The predicted molar refractivity (Wildman–Crippen MR) is 88.3 cm³/mol. The second kappa shape index (κ2) is 7.63. The molecule has 1 aliphatic heterocycles. The largest absolute Gasteiger partial charge is 0.446 e. The number of likely N-dealkylation sites (tertiary alicyclic amines) is 1. The Labute approximate surface area is 149 Å². The van der Waals surface area contributed by atoms with Gasteiger partial charge in [-0.15, -0.1) is 0 Å². The minimum atomic E-state index is -0.737. The minimum absolute atomic E-state index is 0.181. The fourth-order valence-corrected chi connectivity index (χ4v) is 2.92. The number of hydrogen-bond acceptors (Lipinski definition) is 4. The minimum Gasteiger partial charge on any atom is -0.446 e. The highest BCUT2D eigenvalue weighted by molar-refractivity contribution is 5.92. The molecule has 8 heteroatoms. The fourth-order valence-electron chi connectivity index (χ4n) is 2.92. The Balaban J connectivity index is 1.59. The molecule has 1 aliphatic rings. The highest BCUT2D eigenvalue weighted by Gasteiger charge is 2.24. The third kappa shape index (κ3) is 4.25. The first-order valence-electron chi connectivity index (χ1n) is 8.41. The van der Waals surface area contributed by atoms with Crippen molar-refractivity contribution in [2.24, 2.45) is 0 Å². The molecule has 1 atom stereocenters. The summed E-state index contributed by atoms with van der Waals surface area (Å²) in [6, 6.07) is 2.37. The van der Waals surface area contributed by atoms with Gasteiger partial charge in [0.05, 0.1) is 6.42 Å². The molecule has 0 unspecified atom stereocenters. The lowest BCUT2D eigenvalue weighted by Gasteiger charge is -2.12. The lowest BCUT2D eigenvalue weighted by atomic mass is 10.1. The van der Waals surface area contributed by atoms with Crippen molar-refractivity contribution in [3.63, 3.8) is 0 Å². The number of hydrogen-bond donors (Lipinski definition) is 1. The SMILES string of the molecule is C[C@H](NC(=O)Cc1cc(F)cc(F)c1)c1nc(C(=O)N2CCCC2)co1. The summed E-state index contributed by atoms with van der Waals surface area (Å²) in [6.45, 7) is 3.06. The van der Waals surface area contributed by atoms with Gasteiger partial charge in [0.1, 0.15) is 23.9 Å². The maximum absolute atomic E-state index is 13.2. The summed E-state index contributed by atoms with van der Waals surface area (Å²) in [5.74, 6) is -1.90. The van der Waals surface area contributed by atoms with Crippen LogP contribution in [0.15, 0.2) is 28.9 Å².